The quantitative estimate of drug-likeness (QED) is 0.924. The highest BCUT2D eigenvalue weighted by Crippen LogP contribution is 2.19. The van der Waals surface area contributed by atoms with Crippen molar-refractivity contribution in [2.75, 3.05) is 6.54 Å². The molecule has 4 nitrogen and oxygen atoms in total. The van der Waals surface area contributed by atoms with Crippen LogP contribution >= 0.6 is 0 Å². The first-order valence-electron chi connectivity index (χ1n) is 8.27. The van der Waals surface area contributed by atoms with Crippen LogP contribution in [0.2, 0.25) is 0 Å². The summed E-state index contributed by atoms with van der Waals surface area (Å²) < 4.78 is 0. The van der Waals surface area contributed by atoms with Crippen LogP contribution in [0.15, 0.2) is 54.9 Å². The van der Waals surface area contributed by atoms with Crippen LogP contribution in [0, 0.1) is 0 Å². The Labute approximate surface area is 137 Å². The van der Waals surface area contributed by atoms with E-state index in [1.807, 2.05) is 54.9 Å². The molecular weight excluding hydrogens is 286 g/mol. The molecule has 1 aromatic heterocycles. The largest absolute Gasteiger partial charge is 0.351 e. The van der Waals surface area contributed by atoms with Crippen LogP contribution in [-0.4, -0.2) is 28.4 Å². The zero-order valence-electron chi connectivity index (χ0n) is 13.3. The molecule has 2 aromatic rings. The Balaban J connectivity index is 1.60. The lowest BCUT2D eigenvalue weighted by molar-refractivity contribution is -0.128. The van der Waals surface area contributed by atoms with Gasteiger partial charge >= 0.3 is 0 Å². The first kappa shape index (κ1) is 15.7. The number of pyridine rings is 1. The zero-order valence-corrected chi connectivity index (χ0v) is 13.3. The standard InChI is InChI=1S/C19H23N3O/c23-19(21-14-16-6-2-1-3-7-16)18-8-4-5-13-22(18)15-17-9-11-20-12-10-17/h1-3,6-7,9-12,18H,4-5,8,13-15H2,(H,21,23)/t18-/m1/s1. The summed E-state index contributed by atoms with van der Waals surface area (Å²) in [4.78, 5) is 19.0. The molecule has 1 saturated heterocycles. The Morgan fingerprint density at radius 1 is 1.09 bits per heavy atom. The third-order valence-electron chi connectivity index (χ3n) is 4.36. The molecule has 0 unspecified atom stereocenters. The second-order valence-corrected chi connectivity index (χ2v) is 6.04. The fraction of sp³-hybridized carbons (Fsp3) is 0.368. The van der Waals surface area contributed by atoms with E-state index in [1.54, 1.807) is 0 Å². The summed E-state index contributed by atoms with van der Waals surface area (Å²) in [6, 6.07) is 14.1. The summed E-state index contributed by atoms with van der Waals surface area (Å²) in [6.07, 6.45) is 6.84. The van der Waals surface area contributed by atoms with Gasteiger partial charge in [-0.3, -0.25) is 14.7 Å². The molecule has 0 spiro atoms. The first-order valence-corrected chi connectivity index (χ1v) is 8.27. The zero-order chi connectivity index (χ0) is 15.9. The predicted molar refractivity (Wildman–Crippen MR) is 90.6 cm³/mol. The number of amides is 1. The van der Waals surface area contributed by atoms with E-state index in [0.717, 1.165) is 37.9 Å². The van der Waals surface area contributed by atoms with Crippen molar-refractivity contribution >= 4 is 5.91 Å². The van der Waals surface area contributed by atoms with Gasteiger partial charge in [-0.15, -0.1) is 0 Å². The number of carbonyl (C=O) groups excluding carboxylic acids is 1. The SMILES string of the molecule is O=C(NCc1ccccc1)[C@H]1CCCCN1Cc1ccncc1. The molecule has 1 aliphatic rings. The van der Waals surface area contributed by atoms with E-state index in [0.29, 0.717) is 6.54 Å². The molecule has 2 heterocycles. The molecular formula is C19H23N3O. The second kappa shape index (κ2) is 7.88. The number of carbonyl (C=O) groups is 1. The van der Waals surface area contributed by atoms with Gasteiger partial charge in [0, 0.05) is 25.5 Å². The molecule has 0 aliphatic carbocycles. The van der Waals surface area contributed by atoms with E-state index < -0.39 is 0 Å². The smallest absolute Gasteiger partial charge is 0.237 e. The van der Waals surface area contributed by atoms with Crippen LogP contribution in [0.1, 0.15) is 30.4 Å². The van der Waals surface area contributed by atoms with Crippen molar-refractivity contribution in [3.63, 3.8) is 0 Å². The van der Waals surface area contributed by atoms with Crippen molar-refractivity contribution in [1.82, 2.24) is 15.2 Å². The van der Waals surface area contributed by atoms with Crippen molar-refractivity contribution in [3.8, 4) is 0 Å². The molecule has 4 heteroatoms. The molecule has 1 amide bonds. The number of hydrogen-bond acceptors (Lipinski definition) is 3. The number of nitrogens with zero attached hydrogens (tertiary/aromatic N) is 2. The summed E-state index contributed by atoms with van der Waals surface area (Å²) in [5, 5.41) is 3.09. The van der Waals surface area contributed by atoms with Gasteiger partial charge < -0.3 is 5.32 Å². The molecule has 1 aliphatic heterocycles. The topological polar surface area (TPSA) is 45.2 Å². The Kier molecular flexibility index (Phi) is 5.37. The van der Waals surface area contributed by atoms with E-state index in [1.165, 1.54) is 5.56 Å². The Morgan fingerprint density at radius 2 is 1.87 bits per heavy atom. The van der Waals surface area contributed by atoms with Gasteiger partial charge in [-0.2, -0.15) is 0 Å². The maximum Gasteiger partial charge on any atom is 0.237 e. The maximum atomic E-state index is 12.6. The molecule has 1 atom stereocenters. The number of nitrogens with one attached hydrogen (secondary N) is 1. The lowest BCUT2D eigenvalue weighted by Crippen LogP contribution is -2.48. The number of rotatable bonds is 5. The summed E-state index contributed by atoms with van der Waals surface area (Å²) in [5.41, 5.74) is 2.35. The number of piperidine rings is 1. The third kappa shape index (κ3) is 4.39. The minimum absolute atomic E-state index is 0.0272. The van der Waals surface area contributed by atoms with Gasteiger partial charge in [0.15, 0.2) is 0 Å². The van der Waals surface area contributed by atoms with Crippen LogP contribution in [0.3, 0.4) is 0 Å². The lowest BCUT2D eigenvalue weighted by atomic mass is 10.0. The third-order valence-corrected chi connectivity index (χ3v) is 4.36. The van der Waals surface area contributed by atoms with Gasteiger partial charge in [-0.25, -0.2) is 0 Å². The summed E-state index contributed by atoms with van der Waals surface area (Å²) >= 11 is 0. The monoisotopic (exact) mass is 309 g/mol. The molecule has 0 bridgehead atoms. The van der Waals surface area contributed by atoms with Gasteiger partial charge in [0.25, 0.3) is 0 Å². The van der Waals surface area contributed by atoms with Crippen LogP contribution < -0.4 is 5.32 Å². The van der Waals surface area contributed by atoms with Gasteiger partial charge in [0.2, 0.25) is 5.91 Å². The Bertz CT molecular complexity index is 615. The summed E-state index contributed by atoms with van der Waals surface area (Å²) in [5.74, 6) is 0.141. The van der Waals surface area contributed by atoms with Gasteiger partial charge in [0.1, 0.15) is 0 Å². The van der Waals surface area contributed by atoms with Gasteiger partial charge in [-0.1, -0.05) is 36.8 Å². The second-order valence-electron chi connectivity index (χ2n) is 6.04. The summed E-state index contributed by atoms with van der Waals surface area (Å²) in [6.45, 7) is 2.39. The van der Waals surface area contributed by atoms with Gasteiger partial charge in [-0.05, 0) is 42.6 Å². The van der Waals surface area contributed by atoms with E-state index in [-0.39, 0.29) is 11.9 Å². The minimum atomic E-state index is -0.0272. The van der Waals surface area contributed by atoms with E-state index in [9.17, 15) is 4.79 Å². The molecule has 23 heavy (non-hydrogen) atoms. The minimum Gasteiger partial charge on any atom is -0.351 e. The van der Waals surface area contributed by atoms with Crippen molar-refractivity contribution in [1.29, 1.82) is 0 Å². The van der Waals surface area contributed by atoms with E-state index in [2.05, 4.69) is 15.2 Å². The number of hydrogen-bond donors (Lipinski definition) is 1. The van der Waals surface area contributed by atoms with Gasteiger partial charge in [0.05, 0.1) is 6.04 Å². The van der Waals surface area contributed by atoms with E-state index >= 15 is 0 Å². The molecule has 1 N–H and O–H groups in total. The average molecular weight is 309 g/mol. The molecule has 0 radical (unpaired) electrons. The van der Waals surface area contributed by atoms with Crippen LogP contribution in [0.25, 0.3) is 0 Å². The highest BCUT2D eigenvalue weighted by Gasteiger charge is 2.28. The maximum absolute atomic E-state index is 12.6. The highest BCUT2D eigenvalue weighted by atomic mass is 16.2. The molecule has 1 aromatic carbocycles. The van der Waals surface area contributed by atoms with Crippen LogP contribution in [0.5, 0.6) is 0 Å². The van der Waals surface area contributed by atoms with Crippen molar-refractivity contribution in [2.24, 2.45) is 0 Å². The predicted octanol–water partition coefficient (Wildman–Crippen LogP) is 2.75. The van der Waals surface area contributed by atoms with Crippen LogP contribution in [-0.2, 0) is 17.9 Å². The number of likely N-dealkylation sites (tertiary alicyclic amines) is 1. The van der Waals surface area contributed by atoms with Crippen LogP contribution in [0.4, 0.5) is 0 Å². The van der Waals surface area contributed by atoms with E-state index in [4.69, 9.17) is 0 Å². The lowest BCUT2D eigenvalue weighted by Gasteiger charge is -2.34. The normalized spacial score (nSPS) is 18.5. The highest BCUT2D eigenvalue weighted by molar-refractivity contribution is 5.81. The fourth-order valence-corrected chi connectivity index (χ4v) is 3.10. The number of aromatic nitrogens is 1. The first-order chi connectivity index (χ1) is 11.3. The van der Waals surface area contributed by atoms with Crippen molar-refractivity contribution in [3.05, 3.63) is 66.0 Å². The number of benzene rings is 1. The Hall–Kier alpha value is -2.20. The van der Waals surface area contributed by atoms with Crippen molar-refractivity contribution in [2.45, 2.75) is 38.4 Å². The fourth-order valence-electron chi connectivity index (χ4n) is 3.10. The average Bonchev–Trinajstić information content (AvgIpc) is 2.62. The molecule has 3 rings (SSSR count). The van der Waals surface area contributed by atoms with Crippen molar-refractivity contribution < 1.29 is 4.79 Å². The molecule has 1 fully saturated rings. The Morgan fingerprint density at radius 3 is 2.65 bits per heavy atom. The molecule has 0 saturated carbocycles. The summed E-state index contributed by atoms with van der Waals surface area (Å²) in [7, 11) is 0. The molecule has 120 valence electrons.